The molecule has 0 unspecified atom stereocenters. The molecular weight excluding hydrogens is 301 g/mol. The molecule has 0 aliphatic heterocycles. The predicted molar refractivity (Wildman–Crippen MR) is 69.2 cm³/mol. The third-order valence-corrected chi connectivity index (χ3v) is 3.19. The van der Waals surface area contributed by atoms with Gasteiger partial charge in [-0.2, -0.15) is 4.98 Å². The van der Waals surface area contributed by atoms with Crippen LogP contribution in [0.3, 0.4) is 0 Å². The second kappa shape index (κ2) is 5.58. The van der Waals surface area contributed by atoms with Gasteiger partial charge in [0.1, 0.15) is 5.82 Å². The Balaban J connectivity index is 2.29. The monoisotopic (exact) mass is 313 g/mol. The predicted octanol–water partition coefficient (Wildman–Crippen LogP) is 3.44. The summed E-state index contributed by atoms with van der Waals surface area (Å²) in [5.41, 5.74) is 6.57. The number of rotatable bonds is 4. The fraction of sp³-hybridized carbons (Fsp3) is 0.333. The Hall–Kier alpha value is -1.27. The lowest BCUT2D eigenvalue weighted by Gasteiger charge is -2.02. The molecule has 4 nitrogen and oxygen atoms in total. The van der Waals surface area contributed by atoms with Crippen molar-refractivity contribution in [3.8, 4) is 11.4 Å². The van der Waals surface area contributed by atoms with Crippen molar-refractivity contribution >= 4 is 15.9 Å². The molecule has 0 bridgehead atoms. The summed E-state index contributed by atoms with van der Waals surface area (Å²) >= 11 is 3.27. The van der Waals surface area contributed by atoms with Gasteiger partial charge >= 0.3 is 0 Å². The number of aromatic nitrogens is 2. The van der Waals surface area contributed by atoms with Crippen molar-refractivity contribution in [2.75, 3.05) is 0 Å². The summed E-state index contributed by atoms with van der Waals surface area (Å²) in [6.07, 6.45) is 1.73. The molecule has 0 amide bonds. The normalized spacial score (nSPS) is 12.7. The summed E-state index contributed by atoms with van der Waals surface area (Å²) in [5.74, 6) is 0.489. The van der Waals surface area contributed by atoms with Crippen LogP contribution in [0.15, 0.2) is 27.2 Å². The third kappa shape index (κ3) is 2.76. The van der Waals surface area contributed by atoms with Gasteiger partial charge in [-0.05, 0) is 40.5 Å². The van der Waals surface area contributed by atoms with Gasteiger partial charge in [0.15, 0.2) is 0 Å². The maximum atomic E-state index is 13.0. The molecule has 6 heteroatoms. The Labute approximate surface area is 113 Å². The first-order valence-corrected chi connectivity index (χ1v) is 6.45. The van der Waals surface area contributed by atoms with E-state index in [0.717, 1.165) is 12.8 Å². The van der Waals surface area contributed by atoms with Gasteiger partial charge in [0, 0.05) is 10.0 Å². The summed E-state index contributed by atoms with van der Waals surface area (Å²) in [7, 11) is 0. The summed E-state index contributed by atoms with van der Waals surface area (Å²) in [4.78, 5) is 4.23. The van der Waals surface area contributed by atoms with Crippen LogP contribution < -0.4 is 5.73 Å². The van der Waals surface area contributed by atoms with E-state index >= 15 is 0 Å². The Bertz CT molecular complexity index is 544. The van der Waals surface area contributed by atoms with E-state index in [-0.39, 0.29) is 11.9 Å². The number of halogens is 2. The molecule has 96 valence electrons. The van der Waals surface area contributed by atoms with Crippen LogP contribution in [0.4, 0.5) is 4.39 Å². The molecule has 18 heavy (non-hydrogen) atoms. The molecule has 0 aliphatic rings. The van der Waals surface area contributed by atoms with Crippen LogP contribution in [-0.4, -0.2) is 10.1 Å². The van der Waals surface area contributed by atoms with Crippen molar-refractivity contribution in [2.24, 2.45) is 5.73 Å². The first-order valence-electron chi connectivity index (χ1n) is 5.66. The summed E-state index contributed by atoms with van der Waals surface area (Å²) in [6.45, 7) is 2.04. The molecule has 1 aromatic heterocycles. The quantitative estimate of drug-likeness (QED) is 0.939. The third-order valence-electron chi connectivity index (χ3n) is 2.53. The molecule has 1 heterocycles. The van der Waals surface area contributed by atoms with Crippen molar-refractivity contribution in [3.05, 3.63) is 34.4 Å². The number of benzene rings is 1. The van der Waals surface area contributed by atoms with E-state index in [9.17, 15) is 4.39 Å². The van der Waals surface area contributed by atoms with Gasteiger partial charge in [0.25, 0.3) is 0 Å². The second-order valence-electron chi connectivity index (χ2n) is 3.98. The van der Waals surface area contributed by atoms with Crippen LogP contribution in [0, 0.1) is 5.82 Å². The number of nitrogens with zero attached hydrogens (tertiary/aromatic N) is 2. The van der Waals surface area contributed by atoms with Gasteiger partial charge < -0.3 is 10.3 Å². The Morgan fingerprint density at radius 3 is 2.94 bits per heavy atom. The highest BCUT2D eigenvalue weighted by molar-refractivity contribution is 9.10. The number of hydrogen-bond donors (Lipinski definition) is 1. The number of hydrogen-bond acceptors (Lipinski definition) is 4. The van der Waals surface area contributed by atoms with E-state index in [4.69, 9.17) is 10.3 Å². The highest BCUT2D eigenvalue weighted by Gasteiger charge is 2.16. The van der Waals surface area contributed by atoms with E-state index in [1.165, 1.54) is 12.1 Å². The van der Waals surface area contributed by atoms with Crippen molar-refractivity contribution < 1.29 is 8.91 Å². The topological polar surface area (TPSA) is 64.9 Å². The second-order valence-corrected chi connectivity index (χ2v) is 4.83. The van der Waals surface area contributed by atoms with Crippen molar-refractivity contribution in [3.63, 3.8) is 0 Å². The minimum absolute atomic E-state index is 0.254. The first-order chi connectivity index (χ1) is 8.61. The van der Waals surface area contributed by atoms with Crippen LogP contribution in [0.2, 0.25) is 0 Å². The molecular formula is C12H13BrFN3O. The van der Waals surface area contributed by atoms with E-state index in [1.54, 1.807) is 6.07 Å². The van der Waals surface area contributed by atoms with Crippen molar-refractivity contribution in [1.29, 1.82) is 0 Å². The lowest BCUT2D eigenvalue weighted by atomic mass is 10.2. The molecule has 2 aromatic rings. The molecule has 2 rings (SSSR count). The zero-order valence-electron chi connectivity index (χ0n) is 9.86. The van der Waals surface area contributed by atoms with Crippen LogP contribution in [0.5, 0.6) is 0 Å². The van der Waals surface area contributed by atoms with Gasteiger partial charge in [-0.3, -0.25) is 0 Å². The molecule has 0 spiro atoms. The lowest BCUT2D eigenvalue weighted by molar-refractivity contribution is 0.348. The van der Waals surface area contributed by atoms with Crippen LogP contribution in [0.1, 0.15) is 31.7 Å². The number of nitrogens with two attached hydrogens (primary N) is 1. The largest absolute Gasteiger partial charge is 0.337 e. The molecule has 1 atom stereocenters. The minimum atomic E-state index is -0.322. The molecule has 0 saturated heterocycles. The smallest absolute Gasteiger partial charge is 0.243 e. The van der Waals surface area contributed by atoms with Gasteiger partial charge in [-0.25, -0.2) is 4.39 Å². The maximum absolute atomic E-state index is 13.0. The SMILES string of the molecule is CCC[C@H](N)c1nc(-c2ccc(F)cc2Br)no1. The Morgan fingerprint density at radius 2 is 2.28 bits per heavy atom. The average molecular weight is 314 g/mol. The minimum Gasteiger partial charge on any atom is -0.337 e. The fourth-order valence-corrected chi connectivity index (χ4v) is 2.13. The van der Waals surface area contributed by atoms with Gasteiger partial charge in [-0.1, -0.05) is 18.5 Å². The molecule has 2 N–H and O–H groups in total. The van der Waals surface area contributed by atoms with Gasteiger partial charge in [0.05, 0.1) is 6.04 Å². The summed E-state index contributed by atoms with van der Waals surface area (Å²) < 4.78 is 18.7. The Morgan fingerprint density at radius 1 is 1.50 bits per heavy atom. The molecule has 0 radical (unpaired) electrons. The lowest BCUT2D eigenvalue weighted by Crippen LogP contribution is -2.09. The zero-order valence-corrected chi connectivity index (χ0v) is 11.4. The van der Waals surface area contributed by atoms with E-state index in [1.807, 2.05) is 6.92 Å². The highest BCUT2D eigenvalue weighted by Crippen LogP contribution is 2.27. The zero-order chi connectivity index (χ0) is 13.1. The van der Waals surface area contributed by atoms with E-state index < -0.39 is 0 Å². The highest BCUT2D eigenvalue weighted by atomic mass is 79.9. The molecule has 0 saturated carbocycles. The summed E-state index contributed by atoms with van der Waals surface area (Å²) in [5, 5.41) is 3.86. The van der Waals surface area contributed by atoms with E-state index in [0.29, 0.717) is 21.8 Å². The van der Waals surface area contributed by atoms with Gasteiger partial charge in [0.2, 0.25) is 11.7 Å². The average Bonchev–Trinajstić information content (AvgIpc) is 2.78. The van der Waals surface area contributed by atoms with Crippen molar-refractivity contribution in [2.45, 2.75) is 25.8 Å². The van der Waals surface area contributed by atoms with Crippen LogP contribution >= 0.6 is 15.9 Å². The van der Waals surface area contributed by atoms with Gasteiger partial charge in [-0.15, -0.1) is 0 Å². The van der Waals surface area contributed by atoms with Crippen LogP contribution in [0.25, 0.3) is 11.4 Å². The first kappa shape index (κ1) is 13.2. The molecule has 0 fully saturated rings. The van der Waals surface area contributed by atoms with E-state index in [2.05, 4.69) is 26.1 Å². The maximum Gasteiger partial charge on any atom is 0.243 e. The van der Waals surface area contributed by atoms with Crippen molar-refractivity contribution in [1.82, 2.24) is 10.1 Å². The standard InChI is InChI=1S/C12H13BrFN3O/c1-2-3-10(15)12-16-11(17-18-12)8-5-4-7(14)6-9(8)13/h4-6,10H,2-3,15H2,1H3/t10-/m0/s1. The summed E-state index contributed by atoms with van der Waals surface area (Å²) in [6, 6.07) is 4.05. The fourth-order valence-electron chi connectivity index (χ4n) is 1.60. The Kier molecular flexibility index (Phi) is 4.08. The molecule has 1 aromatic carbocycles. The molecule has 0 aliphatic carbocycles. The van der Waals surface area contributed by atoms with Crippen LogP contribution in [-0.2, 0) is 0 Å².